The fourth-order valence-corrected chi connectivity index (χ4v) is 6.17. The molecule has 0 radical (unpaired) electrons. The number of nitrogens with one attached hydrogen (secondary N) is 1. The minimum atomic E-state index is -0.465. The average molecular weight is 575 g/mol. The molecule has 0 aliphatic carbocycles. The zero-order valence-corrected chi connectivity index (χ0v) is 25.0. The summed E-state index contributed by atoms with van der Waals surface area (Å²) in [5.74, 6) is 0.884. The lowest BCUT2D eigenvalue weighted by molar-refractivity contribution is 0.0245. The van der Waals surface area contributed by atoms with Gasteiger partial charge in [0.15, 0.2) is 11.5 Å². The maximum absolute atomic E-state index is 12.6. The Bertz CT molecular complexity index is 1420. The van der Waals surface area contributed by atoms with Crippen LogP contribution in [0.25, 0.3) is 16.9 Å². The van der Waals surface area contributed by atoms with Crippen molar-refractivity contribution < 1.29 is 14.3 Å². The van der Waals surface area contributed by atoms with Gasteiger partial charge in [-0.15, -0.1) is 0 Å². The van der Waals surface area contributed by atoms with Gasteiger partial charge in [0.25, 0.3) is 0 Å². The van der Waals surface area contributed by atoms with Gasteiger partial charge in [-0.1, -0.05) is 12.1 Å². The summed E-state index contributed by atoms with van der Waals surface area (Å²) in [5.41, 5.74) is 3.49. The second kappa shape index (κ2) is 11.9. The lowest BCUT2D eigenvalue weighted by atomic mass is 9.78. The van der Waals surface area contributed by atoms with E-state index in [1.807, 2.05) is 56.1 Å². The third-order valence-corrected chi connectivity index (χ3v) is 8.43. The summed E-state index contributed by atoms with van der Waals surface area (Å²) in [6.45, 7) is 13.1. The molecule has 6 heterocycles. The number of imidazole rings is 1. The van der Waals surface area contributed by atoms with Crippen molar-refractivity contribution in [2.75, 3.05) is 57.4 Å². The first-order valence-electron chi connectivity index (χ1n) is 15.0. The number of piperidine rings is 1. The maximum Gasteiger partial charge on any atom is 0.410 e. The summed E-state index contributed by atoms with van der Waals surface area (Å²) in [4.78, 5) is 29.5. The number of ether oxygens (including phenoxy) is 2. The number of anilines is 1. The smallest absolute Gasteiger partial charge is 0.410 e. The molecule has 3 aliphatic heterocycles. The van der Waals surface area contributed by atoms with Gasteiger partial charge in [0, 0.05) is 63.1 Å². The van der Waals surface area contributed by atoms with Crippen LogP contribution in [0.15, 0.2) is 49.1 Å². The van der Waals surface area contributed by atoms with E-state index in [2.05, 4.69) is 36.8 Å². The van der Waals surface area contributed by atoms with Crippen molar-refractivity contribution in [2.24, 2.45) is 5.41 Å². The average Bonchev–Trinajstić information content (AvgIpc) is 3.60. The molecule has 0 bridgehead atoms. The van der Waals surface area contributed by atoms with Crippen LogP contribution in [0, 0.1) is 5.41 Å². The Kier molecular flexibility index (Phi) is 8.04. The monoisotopic (exact) mass is 574 g/mol. The van der Waals surface area contributed by atoms with E-state index in [9.17, 15) is 4.79 Å². The maximum atomic E-state index is 12.6. The number of hydrogen-bond acceptors (Lipinski definition) is 8. The molecule has 3 saturated heterocycles. The summed E-state index contributed by atoms with van der Waals surface area (Å²) in [5, 5.41) is 7.02. The Hall–Kier alpha value is -3.70. The Morgan fingerprint density at radius 3 is 2.60 bits per heavy atom. The minimum Gasteiger partial charge on any atom is -0.444 e. The molecular formula is C31H42N8O3. The highest BCUT2D eigenvalue weighted by Gasteiger charge is 2.43. The topological polar surface area (TPSA) is 104 Å². The van der Waals surface area contributed by atoms with Gasteiger partial charge >= 0.3 is 6.09 Å². The van der Waals surface area contributed by atoms with Gasteiger partial charge in [-0.2, -0.15) is 5.10 Å². The number of aromatic nitrogens is 5. The van der Waals surface area contributed by atoms with Crippen molar-refractivity contribution >= 4 is 17.6 Å². The third kappa shape index (κ3) is 6.52. The second-order valence-electron chi connectivity index (χ2n) is 12.7. The van der Waals surface area contributed by atoms with E-state index in [0.717, 1.165) is 93.5 Å². The first kappa shape index (κ1) is 28.4. The predicted molar refractivity (Wildman–Crippen MR) is 161 cm³/mol. The fourth-order valence-electron chi connectivity index (χ4n) is 6.17. The molecule has 11 nitrogen and oxygen atoms in total. The van der Waals surface area contributed by atoms with E-state index in [-0.39, 0.29) is 11.5 Å². The minimum absolute atomic E-state index is 0.183. The number of fused-ring (bicyclic) bond motifs is 1. The molecule has 0 atom stereocenters. The highest BCUT2D eigenvalue weighted by molar-refractivity contribution is 5.70. The summed E-state index contributed by atoms with van der Waals surface area (Å²) in [6, 6.07) is 7.88. The standard InChI is InChI=1S/C31H42N8O3/c1-30(2,3)42-29(40)38-15-10-31(23-38)8-13-36(14-9-31)20-25-21-39-22-26(24-6-4-5-11-32-33-12-7-24)35-28(27(39)34-25)37-16-18-41-19-17-37/h4-7,11-12,21-22,33H,8-10,13-20,23H2,1-3H3. The van der Waals surface area contributed by atoms with Crippen LogP contribution in [0.2, 0.25) is 0 Å². The normalized spacial score (nSPS) is 19.3. The Labute approximate surface area is 247 Å². The van der Waals surface area contributed by atoms with Crippen LogP contribution in [0.1, 0.15) is 45.7 Å². The predicted octanol–water partition coefficient (Wildman–Crippen LogP) is 4.30. The van der Waals surface area contributed by atoms with Crippen molar-refractivity contribution in [1.29, 1.82) is 0 Å². The van der Waals surface area contributed by atoms with Gasteiger partial charge in [-0.05, 0) is 70.7 Å². The number of hydrogen-bond donors (Lipinski definition) is 1. The van der Waals surface area contributed by atoms with E-state index in [0.29, 0.717) is 13.2 Å². The molecule has 3 aromatic rings. The molecule has 1 amide bonds. The lowest BCUT2D eigenvalue weighted by Gasteiger charge is -2.39. The van der Waals surface area contributed by atoms with Crippen molar-refractivity contribution in [3.63, 3.8) is 0 Å². The molecule has 0 unspecified atom stereocenters. The van der Waals surface area contributed by atoms with E-state index < -0.39 is 5.60 Å². The van der Waals surface area contributed by atoms with Crippen LogP contribution in [0.3, 0.4) is 0 Å². The Morgan fingerprint density at radius 1 is 1.02 bits per heavy atom. The van der Waals surface area contributed by atoms with Gasteiger partial charge in [-0.3, -0.25) is 10.00 Å². The highest BCUT2D eigenvalue weighted by atomic mass is 16.6. The van der Waals surface area contributed by atoms with Crippen molar-refractivity contribution in [1.82, 2.24) is 34.4 Å². The highest BCUT2D eigenvalue weighted by Crippen LogP contribution is 2.41. The molecule has 3 aromatic heterocycles. The van der Waals surface area contributed by atoms with Crippen molar-refractivity contribution in [3.8, 4) is 11.3 Å². The first-order valence-corrected chi connectivity index (χ1v) is 15.0. The molecule has 6 rings (SSSR count). The molecule has 11 heteroatoms. The number of aromatic amines is 1. The van der Waals surface area contributed by atoms with Gasteiger partial charge in [0.05, 0.1) is 24.6 Å². The first-order chi connectivity index (χ1) is 20.3. The van der Waals surface area contributed by atoms with Crippen LogP contribution < -0.4 is 4.90 Å². The quantitative estimate of drug-likeness (QED) is 0.492. The molecule has 0 aromatic carbocycles. The van der Waals surface area contributed by atoms with Crippen molar-refractivity contribution in [3.05, 3.63) is 54.7 Å². The van der Waals surface area contributed by atoms with Crippen LogP contribution in [-0.4, -0.2) is 98.5 Å². The Morgan fingerprint density at radius 2 is 1.81 bits per heavy atom. The van der Waals surface area contributed by atoms with Crippen LogP contribution in [-0.2, 0) is 16.0 Å². The number of amides is 1. The molecule has 1 spiro atoms. The number of nitrogens with zero attached hydrogens (tertiary/aromatic N) is 7. The number of morpholine rings is 1. The molecule has 224 valence electrons. The second-order valence-corrected chi connectivity index (χ2v) is 12.7. The van der Waals surface area contributed by atoms with E-state index in [1.165, 1.54) is 0 Å². The zero-order chi connectivity index (χ0) is 29.2. The molecule has 3 fully saturated rings. The number of rotatable bonds is 4. The van der Waals surface area contributed by atoms with Gasteiger partial charge in [0.2, 0.25) is 0 Å². The van der Waals surface area contributed by atoms with Crippen molar-refractivity contribution in [2.45, 2.75) is 52.2 Å². The number of carbonyl (C=O) groups is 1. The molecule has 0 saturated carbocycles. The fraction of sp³-hybridized carbons (Fsp3) is 0.548. The summed E-state index contributed by atoms with van der Waals surface area (Å²) < 4.78 is 13.4. The number of carbonyl (C=O) groups excluding carboxylic acids is 1. The summed E-state index contributed by atoms with van der Waals surface area (Å²) in [7, 11) is 0. The number of likely N-dealkylation sites (tertiary alicyclic amines) is 2. The number of H-pyrrole nitrogens is 1. The summed E-state index contributed by atoms with van der Waals surface area (Å²) in [6.07, 6.45) is 10.8. The van der Waals surface area contributed by atoms with Gasteiger partial charge in [-0.25, -0.2) is 14.8 Å². The van der Waals surface area contributed by atoms with E-state index in [1.54, 1.807) is 6.20 Å². The Balaban J connectivity index is 1.19. The molecule has 3 aliphatic rings. The third-order valence-electron chi connectivity index (χ3n) is 8.43. The summed E-state index contributed by atoms with van der Waals surface area (Å²) >= 11 is 0. The van der Waals surface area contributed by atoms with Gasteiger partial charge in [0.1, 0.15) is 5.60 Å². The lowest BCUT2D eigenvalue weighted by Crippen LogP contribution is -2.42. The molecule has 42 heavy (non-hydrogen) atoms. The molecule has 1 N–H and O–H groups in total. The van der Waals surface area contributed by atoms with Crippen LogP contribution in [0.4, 0.5) is 10.6 Å². The van der Waals surface area contributed by atoms with E-state index in [4.69, 9.17) is 19.4 Å². The zero-order valence-electron chi connectivity index (χ0n) is 25.0. The van der Waals surface area contributed by atoms with Crippen LogP contribution in [0.5, 0.6) is 0 Å². The van der Waals surface area contributed by atoms with Crippen LogP contribution >= 0.6 is 0 Å². The largest absolute Gasteiger partial charge is 0.444 e. The molecular weight excluding hydrogens is 532 g/mol. The van der Waals surface area contributed by atoms with E-state index >= 15 is 0 Å². The SMILES string of the molecule is CC(C)(C)OC(=O)N1CCC2(CCN(Cc3cn4cc(-c5ccccn[nH]cc5)nc(N5CCOCC5)c4n3)CC2)C1. The van der Waals surface area contributed by atoms with Gasteiger partial charge < -0.3 is 23.7 Å².